The third kappa shape index (κ3) is 2.04. The van der Waals surface area contributed by atoms with Crippen molar-refractivity contribution in [1.82, 2.24) is 0 Å². The topological polar surface area (TPSA) is 35.2 Å². The number of hydrogen-bond acceptors (Lipinski definition) is 3. The van der Waals surface area contributed by atoms with Crippen LogP contribution in [-0.4, -0.2) is 0 Å². The molecule has 0 saturated carbocycles. The largest absolute Gasteiger partial charge is 0.417 e. The Morgan fingerprint density at radius 3 is 2.69 bits per heavy atom. The molecule has 0 aliphatic heterocycles. The Morgan fingerprint density at radius 2 is 2.06 bits per heavy atom. The molecule has 0 fully saturated rings. The smallest absolute Gasteiger partial charge is 0.299 e. The molecule has 1 aromatic carbocycles. The molecule has 0 spiro atoms. The van der Waals surface area contributed by atoms with Crippen molar-refractivity contribution in [2.75, 3.05) is 0 Å². The molecule has 0 atom stereocenters. The summed E-state index contributed by atoms with van der Waals surface area (Å²) in [5, 5.41) is 0.562. The predicted octanol–water partition coefficient (Wildman–Crippen LogP) is 3.31. The second kappa shape index (κ2) is 4.04. The van der Waals surface area contributed by atoms with E-state index in [9.17, 15) is 13.2 Å². The van der Waals surface area contributed by atoms with Gasteiger partial charge in [0, 0.05) is 9.58 Å². The summed E-state index contributed by atoms with van der Waals surface area (Å²) in [5.41, 5.74) is -0.613. The fourth-order valence-electron chi connectivity index (χ4n) is 1.49. The molecule has 0 saturated heterocycles. The van der Waals surface area contributed by atoms with E-state index in [1.165, 1.54) is 6.07 Å². The van der Waals surface area contributed by atoms with Crippen molar-refractivity contribution >= 4 is 21.4 Å². The maximum Gasteiger partial charge on any atom is 0.417 e. The number of hydrogen-bond donors (Lipinski definition) is 1. The van der Waals surface area contributed by atoms with Gasteiger partial charge in [0.05, 0.1) is 5.56 Å². The minimum atomic E-state index is -4.33. The predicted molar refractivity (Wildman–Crippen MR) is 55.8 cm³/mol. The standard InChI is InChI=1S/C10H8F3NOS/c11-10(12,13)8-3-1-2-6-4-7(5-15-14)16-9(6)8/h1-4H,5,14H2. The van der Waals surface area contributed by atoms with Gasteiger partial charge in [0.25, 0.3) is 0 Å². The minimum absolute atomic E-state index is 0.122. The van der Waals surface area contributed by atoms with Crippen molar-refractivity contribution in [3.8, 4) is 0 Å². The summed E-state index contributed by atoms with van der Waals surface area (Å²) in [4.78, 5) is 5.09. The number of halogens is 3. The van der Waals surface area contributed by atoms with Gasteiger partial charge in [-0.2, -0.15) is 13.2 Å². The molecule has 0 unspecified atom stereocenters. The number of nitrogens with two attached hydrogens (primary N) is 1. The van der Waals surface area contributed by atoms with E-state index >= 15 is 0 Å². The monoisotopic (exact) mass is 247 g/mol. The van der Waals surface area contributed by atoms with Crippen LogP contribution >= 0.6 is 11.3 Å². The number of fused-ring (bicyclic) bond motifs is 1. The van der Waals surface area contributed by atoms with Crippen molar-refractivity contribution in [3.63, 3.8) is 0 Å². The van der Waals surface area contributed by atoms with Crippen molar-refractivity contribution in [1.29, 1.82) is 0 Å². The van der Waals surface area contributed by atoms with Crippen molar-refractivity contribution in [3.05, 3.63) is 34.7 Å². The van der Waals surface area contributed by atoms with E-state index in [0.29, 0.717) is 10.3 Å². The number of alkyl halides is 3. The van der Waals surface area contributed by atoms with Gasteiger partial charge in [-0.1, -0.05) is 12.1 Å². The Hall–Kier alpha value is -1.11. The molecule has 2 rings (SSSR count). The van der Waals surface area contributed by atoms with Gasteiger partial charge in [0.2, 0.25) is 0 Å². The lowest BCUT2D eigenvalue weighted by Gasteiger charge is -2.06. The first-order valence-corrected chi connectivity index (χ1v) is 5.24. The molecule has 2 N–H and O–H groups in total. The summed E-state index contributed by atoms with van der Waals surface area (Å²) in [7, 11) is 0. The van der Waals surface area contributed by atoms with Crippen LogP contribution in [0.3, 0.4) is 0 Å². The zero-order valence-electron chi connectivity index (χ0n) is 8.04. The zero-order valence-corrected chi connectivity index (χ0v) is 8.86. The minimum Gasteiger partial charge on any atom is -0.299 e. The molecular weight excluding hydrogens is 239 g/mol. The Labute approximate surface area is 93.4 Å². The van der Waals surface area contributed by atoms with E-state index in [2.05, 4.69) is 4.84 Å². The molecule has 2 nitrogen and oxygen atoms in total. The first kappa shape index (κ1) is 11.4. The molecule has 1 aromatic heterocycles. The molecule has 1 heterocycles. The van der Waals surface area contributed by atoms with E-state index in [4.69, 9.17) is 5.90 Å². The van der Waals surface area contributed by atoms with Gasteiger partial charge in [0.15, 0.2) is 0 Å². The highest BCUT2D eigenvalue weighted by Gasteiger charge is 2.33. The summed E-state index contributed by atoms with van der Waals surface area (Å²) in [6, 6.07) is 5.76. The third-order valence-corrected chi connectivity index (χ3v) is 3.28. The fraction of sp³-hybridized carbons (Fsp3) is 0.200. The Morgan fingerprint density at radius 1 is 1.31 bits per heavy atom. The third-order valence-electron chi connectivity index (χ3n) is 2.13. The molecule has 0 amide bonds. The van der Waals surface area contributed by atoms with Crippen LogP contribution in [0.2, 0.25) is 0 Å². The summed E-state index contributed by atoms with van der Waals surface area (Å²) < 4.78 is 38.2. The van der Waals surface area contributed by atoms with Crippen LogP contribution < -0.4 is 5.90 Å². The normalized spacial score (nSPS) is 12.2. The SMILES string of the molecule is NOCc1cc2cccc(C(F)(F)F)c2s1. The molecule has 2 aromatic rings. The Bertz CT molecular complexity index is 506. The summed E-state index contributed by atoms with van der Waals surface area (Å²) in [5.74, 6) is 4.89. The Kier molecular flexibility index (Phi) is 2.88. The van der Waals surface area contributed by atoms with E-state index < -0.39 is 11.7 Å². The molecule has 0 aliphatic rings. The zero-order chi connectivity index (χ0) is 11.8. The van der Waals surface area contributed by atoms with Crippen LogP contribution in [0.25, 0.3) is 10.1 Å². The van der Waals surface area contributed by atoms with Gasteiger partial charge < -0.3 is 0 Å². The molecule has 86 valence electrons. The van der Waals surface area contributed by atoms with Crippen LogP contribution in [0.15, 0.2) is 24.3 Å². The molecule has 16 heavy (non-hydrogen) atoms. The second-order valence-electron chi connectivity index (χ2n) is 3.25. The molecule has 0 bridgehead atoms. The van der Waals surface area contributed by atoms with Gasteiger partial charge in [-0.05, 0) is 17.5 Å². The van der Waals surface area contributed by atoms with E-state index in [-0.39, 0.29) is 11.3 Å². The first-order valence-electron chi connectivity index (χ1n) is 4.42. The van der Waals surface area contributed by atoms with Crippen LogP contribution in [0, 0.1) is 0 Å². The van der Waals surface area contributed by atoms with Gasteiger partial charge in [-0.25, -0.2) is 5.90 Å². The highest BCUT2D eigenvalue weighted by atomic mass is 32.1. The van der Waals surface area contributed by atoms with Crippen molar-refractivity contribution in [2.24, 2.45) is 5.90 Å². The number of thiophene rings is 1. The van der Waals surface area contributed by atoms with Crippen LogP contribution in [-0.2, 0) is 17.6 Å². The van der Waals surface area contributed by atoms with Crippen molar-refractivity contribution < 1.29 is 18.0 Å². The highest BCUT2D eigenvalue weighted by Crippen LogP contribution is 2.38. The fourth-order valence-corrected chi connectivity index (χ4v) is 2.61. The van der Waals surface area contributed by atoms with Gasteiger partial charge in [0.1, 0.15) is 6.61 Å². The van der Waals surface area contributed by atoms with Crippen LogP contribution in [0.1, 0.15) is 10.4 Å². The van der Waals surface area contributed by atoms with E-state index in [0.717, 1.165) is 17.4 Å². The molecule has 0 aliphatic carbocycles. The number of benzene rings is 1. The maximum atomic E-state index is 12.7. The average molecular weight is 247 g/mol. The lowest BCUT2D eigenvalue weighted by molar-refractivity contribution is -0.136. The molecule has 0 radical (unpaired) electrons. The lowest BCUT2D eigenvalue weighted by atomic mass is 10.1. The average Bonchev–Trinajstić information content (AvgIpc) is 2.58. The van der Waals surface area contributed by atoms with Crippen LogP contribution in [0.4, 0.5) is 13.2 Å². The van der Waals surface area contributed by atoms with Gasteiger partial charge in [-0.3, -0.25) is 4.84 Å². The van der Waals surface area contributed by atoms with Crippen molar-refractivity contribution in [2.45, 2.75) is 12.8 Å². The second-order valence-corrected chi connectivity index (χ2v) is 4.38. The quantitative estimate of drug-likeness (QED) is 0.826. The summed E-state index contributed by atoms with van der Waals surface area (Å²) >= 11 is 1.05. The maximum absolute atomic E-state index is 12.7. The molecule has 6 heteroatoms. The summed E-state index contributed by atoms with van der Waals surface area (Å²) in [6.45, 7) is 0.122. The van der Waals surface area contributed by atoms with Gasteiger partial charge in [-0.15, -0.1) is 11.3 Å². The lowest BCUT2D eigenvalue weighted by Crippen LogP contribution is -2.04. The van der Waals surface area contributed by atoms with Crippen LogP contribution in [0.5, 0.6) is 0 Å². The summed E-state index contributed by atoms with van der Waals surface area (Å²) in [6.07, 6.45) is -4.33. The van der Waals surface area contributed by atoms with E-state index in [1.807, 2.05) is 0 Å². The number of rotatable bonds is 2. The Balaban J connectivity index is 2.59. The van der Waals surface area contributed by atoms with Gasteiger partial charge >= 0.3 is 6.18 Å². The van der Waals surface area contributed by atoms with E-state index in [1.54, 1.807) is 12.1 Å². The first-order chi connectivity index (χ1) is 7.52. The highest BCUT2D eigenvalue weighted by molar-refractivity contribution is 7.19. The molecular formula is C10H8F3NOS.